The first-order valence-corrected chi connectivity index (χ1v) is 9.02. The molecule has 1 aromatic heterocycles. The molecule has 0 radical (unpaired) electrons. The van der Waals surface area contributed by atoms with Crippen molar-refractivity contribution >= 4 is 12.0 Å². The van der Waals surface area contributed by atoms with Crippen LogP contribution >= 0.6 is 0 Å². The van der Waals surface area contributed by atoms with Crippen molar-refractivity contribution in [2.45, 2.75) is 53.1 Å². The molecule has 6 nitrogen and oxygen atoms in total. The second-order valence-corrected chi connectivity index (χ2v) is 8.64. The molecule has 0 bridgehead atoms. The summed E-state index contributed by atoms with van der Waals surface area (Å²) >= 11 is 0. The number of nitrogens with one attached hydrogen (secondary N) is 1. The summed E-state index contributed by atoms with van der Waals surface area (Å²) in [6.45, 7) is 12.4. The highest BCUT2D eigenvalue weighted by Crippen LogP contribution is 2.40. The summed E-state index contributed by atoms with van der Waals surface area (Å²) < 4.78 is 5.49. The van der Waals surface area contributed by atoms with Gasteiger partial charge in [-0.1, -0.05) is 0 Å². The summed E-state index contributed by atoms with van der Waals surface area (Å²) in [6.07, 6.45) is 1.63. The molecule has 6 heteroatoms. The van der Waals surface area contributed by atoms with E-state index in [1.54, 1.807) is 4.90 Å². The lowest BCUT2D eigenvalue weighted by molar-refractivity contribution is 0.0274. The van der Waals surface area contributed by atoms with Gasteiger partial charge in [-0.25, -0.2) is 4.79 Å². The number of hydrogen-bond acceptors (Lipinski definition) is 3. The van der Waals surface area contributed by atoms with Crippen molar-refractivity contribution in [1.82, 2.24) is 14.8 Å². The number of carbonyl (C=O) groups is 2. The molecule has 138 valence electrons. The van der Waals surface area contributed by atoms with E-state index in [2.05, 4.69) is 4.98 Å². The Morgan fingerprint density at radius 3 is 2.28 bits per heavy atom. The third kappa shape index (κ3) is 3.67. The highest BCUT2D eigenvalue weighted by molar-refractivity contribution is 5.94. The molecule has 25 heavy (non-hydrogen) atoms. The predicted molar refractivity (Wildman–Crippen MR) is 95.6 cm³/mol. The van der Waals surface area contributed by atoms with Gasteiger partial charge in [-0.3, -0.25) is 4.79 Å². The quantitative estimate of drug-likeness (QED) is 0.849. The van der Waals surface area contributed by atoms with Crippen molar-refractivity contribution in [2.75, 3.05) is 26.2 Å². The Kier molecular flexibility index (Phi) is 4.33. The van der Waals surface area contributed by atoms with Crippen LogP contribution in [0.2, 0.25) is 0 Å². The van der Waals surface area contributed by atoms with Crippen LogP contribution in [0, 0.1) is 19.3 Å². The minimum Gasteiger partial charge on any atom is -0.444 e. The summed E-state index contributed by atoms with van der Waals surface area (Å²) in [5, 5.41) is 0. The maximum atomic E-state index is 12.8. The predicted octanol–water partition coefficient (Wildman–Crippen LogP) is 3.10. The molecule has 0 unspecified atom stereocenters. The highest BCUT2D eigenvalue weighted by Gasteiger charge is 2.47. The van der Waals surface area contributed by atoms with Crippen molar-refractivity contribution < 1.29 is 14.3 Å². The molecular weight excluding hydrogens is 318 g/mol. The van der Waals surface area contributed by atoms with Crippen LogP contribution < -0.4 is 0 Å². The average molecular weight is 347 g/mol. The molecule has 2 amide bonds. The number of carbonyl (C=O) groups excluding carboxylic acids is 2. The molecule has 1 N–H and O–H groups in total. The molecule has 2 saturated heterocycles. The number of nitrogens with zero attached hydrogens (tertiary/aromatic N) is 2. The first-order chi connectivity index (χ1) is 11.6. The van der Waals surface area contributed by atoms with Gasteiger partial charge in [0.25, 0.3) is 5.91 Å². The van der Waals surface area contributed by atoms with Crippen LogP contribution in [0.5, 0.6) is 0 Å². The van der Waals surface area contributed by atoms with Gasteiger partial charge in [0.2, 0.25) is 0 Å². The fourth-order valence-electron chi connectivity index (χ4n) is 3.97. The van der Waals surface area contributed by atoms with Gasteiger partial charge in [-0.2, -0.15) is 0 Å². The number of aromatic nitrogens is 1. The van der Waals surface area contributed by atoms with Crippen LogP contribution in [0.25, 0.3) is 0 Å². The molecule has 0 aromatic carbocycles. The van der Waals surface area contributed by atoms with E-state index < -0.39 is 5.60 Å². The van der Waals surface area contributed by atoms with E-state index in [0.717, 1.165) is 30.6 Å². The van der Waals surface area contributed by atoms with Crippen molar-refractivity contribution in [3.63, 3.8) is 0 Å². The summed E-state index contributed by atoms with van der Waals surface area (Å²) in [6, 6.07) is 2.00. The van der Waals surface area contributed by atoms with E-state index in [1.165, 1.54) is 0 Å². The fourth-order valence-corrected chi connectivity index (χ4v) is 3.97. The van der Waals surface area contributed by atoms with Crippen molar-refractivity contribution in [2.24, 2.45) is 5.41 Å². The standard InChI is InChI=1S/C19H29N3O3/c1-13-10-14(2)20-15(13)16(23)21-8-6-19(11-21)7-9-22(12-19)17(24)25-18(3,4)5/h10,20H,6-9,11-12H2,1-5H3/t19-/m1/s1. The SMILES string of the molecule is Cc1cc(C)c(C(=O)N2CC[C@@]3(CCN(C(=O)OC(C)(C)C)C3)C2)[nH]1. The normalized spacial score (nSPS) is 23.6. The number of H-pyrrole nitrogens is 1. The summed E-state index contributed by atoms with van der Waals surface area (Å²) in [7, 11) is 0. The number of likely N-dealkylation sites (tertiary alicyclic amines) is 2. The summed E-state index contributed by atoms with van der Waals surface area (Å²) in [5.74, 6) is 0.0678. The summed E-state index contributed by atoms with van der Waals surface area (Å²) in [4.78, 5) is 32.0. The van der Waals surface area contributed by atoms with Crippen molar-refractivity contribution in [1.29, 1.82) is 0 Å². The van der Waals surface area contributed by atoms with Gasteiger partial charge in [-0.05, 0) is 59.1 Å². The first-order valence-electron chi connectivity index (χ1n) is 9.02. The van der Waals surface area contributed by atoms with E-state index in [-0.39, 0.29) is 17.4 Å². The van der Waals surface area contributed by atoms with E-state index in [9.17, 15) is 9.59 Å². The van der Waals surface area contributed by atoms with Gasteiger partial charge >= 0.3 is 6.09 Å². The van der Waals surface area contributed by atoms with Crippen LogP contribution in [-0.2, 0) is 4.74 Å². The topological polar surface area (TPSA) is 65.6 Å². The molecule has 1 atom stereocenters. The van der Waals surface area contributed by atoms with Crippen LogP contribution in [0.3, 0.4) is 0 Å². The number of amides is 2. The highest BCUT2D eigenvalue weighted by atomic mass is 16.6. The Labute approximate surface area is 149 Å². The molecule has 0 saturated carbocycles. The van der Waals surface area contributed by atoms with Crippen LogP contribution in [-0.4, -0.2) is 58.6 Å². The Balaban J connectivity index is 1.64. The Hall–Kier alpha value is -1.98. The van der Waals surface area contributed by atoms with E-state index in [4.69, 9.17) is 4.74 Å². The van der Waals surface area contributed by atoms with Crippen LogP contribution in [0.4, 0.5) is 4.79 Å². The molecular formula is C19H29N3O3. The zero-order valence-corrected chi connectivity index (χ0v) is 15.9. The molecule has 3 heterocycles. The summed E-state index contributed by atoms with van der Waals surface area (Å²) in [5.41, 5.74) is 2.23. The van der Waals surface area contributed by atoms with Crippen molar-refractivity contribution in [3.8, 4) is 0 Å². The molecule has 2 aliphatic rings. The number of aryl methyl sites for hydroxylation is 2. The number of rotatable bonds is 1. The van der Waals surface area contributed by atoms with Gasteiger partial charge in [-0.15, -0.1) is 0 Å². The largest absolute Gasteiger partial charge is 0.444 e. The second-order valence-electron chi connectivity index (χ2n) is 8.64. The zero-order chi connectivity index (χ0) is 18.4. The Bertz CT molecular complexity index is 689. The van der Waals surface area contributed by atoms with Gasteiger partial charge in [0.15, 0.2) is 0 Å². The minimum atomic E-state index is -0.479. The van der Waals surface area contributed by atoms with Crippen LogP contribution in [0.1, 0.15) is 55.4 Å². The molecule has 2 fully saturated rings. The number of hydrogen-bond donors (Lipinski definition) is 1. The Morgan fingerprint density at radius 1 is 1.12 bits per heavy atom. The van der Waals surface area contributed by atoms with E-state index >= 15 is 0 Å². The zero-order valence-electron chi connectivity index (χ0n) is 15.9. The monoisotopic (exact) mass is 347 g/mol. The maximum Gasteiger partial charge on any atom is 0.410 e. The smallest absolute Gasteiger partial charge is 0.410 e. The van der Waals surface area contributed by atoms with Gasteiger partial charge < -0.3 is 19.5 Å². The number of ether oxygens (including phenoxy) is 1. The minimum absolute atomic E-state index is 0.0160. The number of aromatic amines is 1. The van der Waals surface area contributed by atoms with E-state index in [0.29, 0.717) is 25.3 Å². The lowest BCUT2D eigenvalue weighted by Crippen LogP contribution is -2.38. The molecule has 0 aliphatic carbocycles. The molecule has 1 aromatic rings. The van der Waals surface area contributed by atoms with Gasteiger partial charge in [0.1, 0.15) is 11.3 Å². The lowest BCUT2D eigenvalue weighted by Gasteiger charge is -2.27. The van der Waals surface area contributed by atoms with Crippen LogP contribution in [0.15, 0.2) is 6.07 Å². The van der Waals surface area contributed by atoms with Crippen molar-refractivity contribution in [3.05, 3.63) is 23.0 Å². The lowest BCUT2D eigenvalue weighted by atomic mass is 9.86. The van der Waals surface area contributed by atoms with Gasteiger partial charge in [0.05, 0.1) is 0 Å². The first kappa shape index (κ1) is 17.8. The second kappa shape index (κ2) is 6.07. The fraction of sp³-hybridized carbons (Fsp3) is 0.684. The average Bonchev–Trinajstić information content (AvgIpc) is 3.17. The molecule has 3 rings (SSSR count). The maximum absolute atomic E-state index is 12.8. The third-order valence-corrected chi connectivity index (χ3v) is 5.18. The molecule has 1 spiro atoms. The van der Waals surface area contributed by atoms with Gasteiger partial charge in [0, 0.05) is 37.3 Å². The third-order valence-electron chi connectivity index (χ3n) is 5.18. The Morgan fingerprint density at radius 2 is 1.72 bits per heavy atom. The van der Waals surface area contributed by atoms with E-state index in [1.807, 2.05) is 45.6 Å². The molecule has 2 aliphatic heterocycles.